The number of hydrogen-bond acceptors (Lipinski definition) is 8. The highest BCUT2D eigenvalue weighted by Gasteiger charge is 2.21. The van der Waals surface area contributed by atoms with Crippen molar-refractivity contribution in [1.82, 2.24) is 4.98 Å². The van der Waals surface area contributed by atoms with Gasteiger partial charge in [-0.05, 0) is 12.1 Å². The molecule has 0 radical (unpaired) electrons. The van der Waals surface area contributed by atoms with Gasteiger partial charge < -0.3 is 5.43 Å². The molecule has 0 fully saturated rings. The zero-order chi connectivity index (χ0) is 15.4. The first-order valence-electron chi connectivity index (χ1n) is 5.56. The Morgan fingerprint density at radius 1 is 1.05 bits per heavy atom. The molecule has 0 aliphatic carbocycles. The molecule has 0 atom stereocenters. The van der Waals surface area contributed by atoms with Crippen molar-refractivity contribution >= 4 is 29.0 Å². The summed E-state index contributed by atoms with van der Waals surface area (Å²) in [7, 11) is 0. The van der Waals surface area contributed by atoms with Crippen LogP contribution in [0.25, 0.3) is 0 Å². The van der Waals surface area contributed by atoms with Crippen LogP contribution < -0.4 is 11.3 Å². The second-order valence-electron chi connectivity index (χ2n) is 3.75. The second kappa shape index (κ2) is 6.15. The highest BCUT2D eigenvalue weighted by molar-refractivity contribution is 7.99. The van der Waals surface area contributed by atoms with E-state index in [0.717, 1.165) is 11.8 Å². The smallest absolute Gasteiger partial charge is 0.301 e. The third-order valence-corrected chi connectivity index (χ3v) is 3.51. The zero-order valence-corrected chi connectivity index (χ0v) is 11.2. The molecule has 0 aliphatic rings. The van der Waals surface area contributed by atoms with Crippen LogP contribution in [0.2, 0.25) is 0 Å². The Balaban J connectivity index is 2.48. The lowest BCUT2D eigenvalue weighted by Gasteiger charge is -2.05. The molecule has 2 aromatic rings. The van der Waals surface area contributed by atoms with Crippen molar-refractivity contribution in [2.75, 3.05) is 5.43 Å². The van der Waals surface area contributed by atoms with E-state index in [4.69, 9.17) is 5.84 Å². The molecule has 1 aromatic heterocycles. The molecule has 0 amide bonds. The second-order valence-corrected chi connectivity index (χ2v) is 4.78. The molecule has 0 unspecified atom stereocenters. The lowest BCUT2D eigenvalue weighted by Crippen LogP contribution is -2.09. The monoisotopic (exact) mass is 307 g/mol. The minimum atomic E-state index is -0.607. The SMILES string of the molecule is NNc1ccc([N+](=O)[O-])c(Sc2ccccc2[N+](=O)[O-])n1. The van der Waals surface area contributed by atoms with Gasteiger partial charge in [-0.15, -0.1) is 0 Å². The van der Waals surface area contributed by atoms with Crippen molar-refractivity contribution in [3.63, 3.8) is 0 Å². The van der Waals surface area contributed by atoms with E-state index in [1.165, 1.54) is 30.3 Å². The predicted octanol–water partition coefficient (Wildman–Crippen LogP) is 2.33. The average Bonchev–Trinajstić information content (AvgIpc) is 2.47. The quantitative estimate of drug-likeness (QED) is 0.487. The zero-order valence-electron chi connectivity index (χ0n) is 10.4. The molecule has 0 aliphatic heterocycles. The maximum absolute atomic E-state index is 11.0. The largest absolute Gasteiger partial charge is 0.308 e. The summed E-state index contributed by atoms with van der Waals surface area (Å²) in [6, 6.07) is 8.52. The average molecular weight is 307 g/mol. The number of nitro groups is 2. The number of rotatable bonds is 5. The first-order chi connectivity index (χ1) is 10.0. The number of pyridine rings is 1. The summed E-state index contributed by atoms with van der Waals surface area (Å²) in [5, 5.41) is 22.0. The minimum absolute atomic E-state index is 0.0183. The molecule has 9 nitrogen and oxygen atoms in total. The maximum Gasteiger partial charge on any atom is 0.301 e. The van der Waals surface area contributed by atoms with Crippen LogP contribution in [-0.2, 0) is 0 Å². The summed E-state index contributed by atoms with van der Waals surface area (Å²) >= 11 is 0.837. The maximum atomic E-state index is 11.0. The summed E-state index contributed by atoms with van der Waals surface area (Å²) in [4.78, 5) is 25.0. The van der Waals surface area contributed by atoms with Crippen molar-refractivity contribution in [2.45, 2.75) is 9.92 Å². The highest BCUT2D eigenvalue weighted by atomic mass is 32.2. The number of hydrogen-bond donors (Lipinski definition) is 2. The Hall–Kier alpha value is -2.72. The van der Waals surface area contributed by atoms with Crippen LogP contribution in [0.4, 0.5) is 17.2 Å². The highest BCUT2D eigenvalue weighted by Crippen LogP contribution is 2.38. The third kappa shape index (κ3) is 3.24. The van der Waals surface area contributed by atoms with Crippen LogP contribution in [-0.4, -0.2) is 14.8 Å². The Labute approximate surface area is 122 Å². The molecule has 0 bridgehead atoms. The molecular weight excluding hydrogens is 298 g/mol. The van der Waals surface area contributed by atoms with Gasteiger partial charge in [-0.2, -0.15) is 0 Å². The summed E-state index contributed by atoms with van der Waals surface area (Å²) in [6.45, 7) is 0. The molecule has 0 saturated carbocycles. The Morgan fingerprint density at radius 2 is 1.71 bits per heavy atom. The van der Waals surface area contributed by atoms with Crippen LogP contribution >= 0.6 is 11.8 Å². The minimum Gasteiger partial charge on any atom is -0.308 e. The van der Waals surface area contributed by atoms with Gasteiger partial charge in [0.1, 0.15) is 5.82 Å². The van der Waals surface area contributed by atoms with Gasteiger partial charge in [-0.25, -0.2) is 10.8 Å². The van der Waals surface area contributed by atoms with E-state index in [9.17, 15) is 20.2 Å². The number of nitro benzene ring substituents is 1. The standard InChI is InChI=1S/C11H9N5O4S/c12-14-10-6-5-8(16(19)20)11(13-10)21-9-4-2-1-3-7(9)15(17)18/h1-6H,12H2,(H,13,14). The van der Waals surface area contributed by atoms with Crippen LogP contribution in [0, 0.1) is 20.2 Å². The fraction of sp³-hybridized carbons (Fsp3) is 0. The van der Waals surface area contributed by atoms with Crippen molar-refractivity contribution in [2.24, 2.45) is 5.84 Å². The van der Waals surface area contributed by atoms with E-state index in [-0.39, 0.29) is 27.1 Å². The summed E-state index contributed by atoms with van der Waals surface area (Å²) in [5.41, 5.74) is 1.87. The number of nitrogens with one attached hydrogen (secondary N) is 1. The molecule has 2 rings (SSSR count). The molecule has 0 saturated heterocycles. The number of anilines is 1. The van der Waals surface area contributed by atoms with Gasteiger partial charge in [0.15, 0.2) is 5.03 Å². The molecule has 0 spiro atoms. The third-order valence-electron chi connectivity index (χ3n) is 2.45. The topological polar surface area (TPSA) is 137 Å². The van der Waals surface area contributed by atoms with Gasteiger partial charge in [0, 0.05) is 12.1 Å². The molecular formula is C11H9N5O4S. The van der Waals surface area contributed by atoms with Gasteiger partial charge in [0.2, 0.25) is 0 Å². The summed E-state index contributed by atoms with van der Waals surface area (Å²) < 4.78 is 0. The summed E-state index contributed by atoms with van der Waals surface area (Å²) in [5.74, 6) is 5.44. The number of nitrogen functional groups attached to an aromatic ring is 1. The van der Waals surface area contributed by atoms with Crippen LogP contribution in [0.1, 0.15) is 0 Å². The first-order valence-corrected chi connectivity index (χ1v) is 6.38. The van der Waals surface area contributed by atoms with Gasteiger partial charge in [0.05, 0.1) is 14.7 Å². The van der Waals surface area contributed by atoms with Crippen LogP contribution in [0.5, 0.6) is 0 Å². The summed E-state index contributed by atoms with van der Waals surface area (Å²) in [6.07, 6.45) is 0. The number of aromatic nitrogens is 1. The Kier molecular flexibility index (Phi) is 4.30. The molecule has 1 aromatic carbocycles. The van der Waals surface area contributed by atoms with E-state index < -0.39 is 9.85 Å². The van der Waals surface area contributed by atoms with Crippen molar-refractivity contribution in [3.8, 4) is 0 Å². The van der Waals surface area contributed by atoms with E-state index in [0.29, 0.717) is 0 Å². The normalized spacial score (nSPS) is 10.1. The lowest BCUT2D eigenvalue weighted by molar-refractivity contribution is -0.388. The molecule has 21 heavy (non-hydrogen) atoms. The van der Waals surface area contributed by atoms with E-state index in [2.05, 4.69) is 10.4 Å². The van der Waals surface area contributed by atoms with E-state index >= 15 is 0 Å². The van der Waals surface area contributed by atoms with Crippen molar-refractivity contribution in [1.29, 1.82) is 0 Å². The fourth-order valence-corrected chi connectivity index (χ4v) is 2.52. The number of nitrogens with two attached hydrogens (primary N) is 1. The molecule has 10 heteroatoms. The number of hydrazine groups is 1. The van der Waals surface area contributed by atoms with Crippen molar-refractivity contribution in [3.05, 3.63) is 56.6 Å². The Morgan fingerprint density at radius 3 is 2.33 bits per heavy atom. The first kappa shape index (κ1) is 14.7. The number of para-hydroxylation sites is 1. The van der Waals surface area contributed by atoms with E-state index in [1.807, 2.05) is 0 Å². The van der Waals surface area contributed by atoms with Crippen LogP contribution in [0.15, 0.2) is 46.3 Å². The lowest BCUT2D eigenvalue weighted by atomic mass is 10.3. The molecule has 108 valence electrons. The van der Waals surface area contributed by atoms with Gasteiger partial charge >= 0.3 is 5.69 Å². The Bertz CT molecular complexity index is 709. The molecule has 1 heterocycles. The number of nitrogens with zero attached hydrogens (tertiary/aromatic N) is 3. The number of benzene rings is 1. The fourth-order valence-electron chi connectivity index (χ4n) is 1.53. The van der Waals surface area contributed by atoms with Gasteiger partial charge in [-0.1, -0.05) is 23.9 Å². The van der Waals surface area contributed by atoms with Gasteiger partial charge in [-0.3, -0.25) is 20.2 Å². The van der Waals surface area contributed by atoms with E-state index in [1.54, 1.807) is 6.07 Å². The van der Waals surface area contributed by atoms with Crippen LogP contribution in [0.3, 0.4) is 0 Å². The molecule has 3 N–H and O–H groups in total. The predicted molar refractivity (Wildman–Crippen MR) is 75.9 cm³/mol. The van der Waals surface area contributed by atoms with Gasteiger partial charge in [0.25, 0.3) is 5.69 Å². The van der Waals surface area contributed by atoms with Crippen molar-refractivity contribution < 1.29 is 9.85 Å².